The highest BCUT2D eigenvalue weighted by molar-refractivity contribution is 14.0. The zero-order valence-corrected chi connectivity index (χ0v) is 16.7. The number of amides is 1. The topological polar surface area (TPSA) is 78.4 Å². The number of nitrogens with one attached hydrogen (secondary N) is 3. The molecule has 3 N–H and O–H groups in total. The van der Waals surface area contributed by atoms with E-state index in [-0.39, 0.29) is 36.4 Å². The molecule has 2 rings (SSSR count). The monoisotopic (exact) mass is 453 g/mol. The molecule has 7 heteroatoms. The molecule has 0 saturated heterocycles. The number of pyridine rings is 1. The lowest BCUT2D eigenvalue weighted by Crippen LogP contribution is -2.42. The Morgan fingerprint density at radius 1 is 1.16 bits per heavy atom. The first kappa shape index (κ1) is 20.9. The van der Waals surface area contributed by atoms with Gasteiger partial charge in [0.25, 0.3) is 0 Å². The van der Waals surface area contributed by atoms with Crippen molar-refractivity contribution < 1.29 is 4.79 Å². The average molecular weight is 453 g/mol. The largest absolute Gasteiger partial charge is 0.356 e. The highest BCUT2D eigenvalue weighted by atomic mass is 127. The number of nitrogens with zero attached hydrogens (tertiary/aromatic N) is 2. The van der Waals surface area contributed by atoms with Crippen molar-refractivity contribution in [1.82, 2.24) is 15.6 Å². The van der Waals surface area contributed by atoms with E-state index in [1.165, 1.54) is 5.56 Å². The van der Waals surface area contributed by atoms with E-state index in [0.717, 1.165) is 6.54 Å². The molecule has 134 valence electrons. The Kier molecular flexibility index (Phi) is 9.53. The molecule has 1 heterocycles. The first-order valence-corrected chi connectivity index (χ1v) is 7.88. The number of benzene rings is 1. The van der Waals surface area contributed by atoms with Crippen LogP contribution in [-0.4, -0.2) is 37.0 Å². The number of aromatic nitrogens is 1. The van der Waals surface area contributed by atoms with Crippen molar-refractivity contribution in [2.24, 2.45) is 4.99 Å². The molecule has 0 radical (unpaired) electrons. The zero-order valence-electron chi connectivity index (χ0n) is 14.4. The summed E-state index contributed by atoms with van der Waals surface area (Å²) in [5, 5.41) is 9.00. The summed E-state index contributed by atoms with van der Waals surface area (Å²) in [6.45, 7) is 3.01. The minimum Gasteiger partial charge on any atom is -0.356 e. The third-order valence-electron chi connectivity index (χ3n) is 3.53. The fourth-order valence-electron chi connectivity index (χ4n) is 2.18. The number of guanidine groups is 1. The SMILES string of the molecule is CN=C(NCC(=O)Nc1cccnc1)NCC(C)c1ccccc1.I. The molecule has 1 unspecified atom stereocenters. The molecule has 1 aromatic carbocycles. The summed E-state index contributed by atoms with van der Waals surface area (Å²) in [6, 6.07) is 13.8. The quantitative estimate of drug-likeness (QED) is 0.357. The second kappa shape index (κ2) is 11.4. The highest BCUT2D eigenvalue weighted by Crippen LogP contribution is 2.12. The number of carbonyl (C=O) groups is 1. The Morgan fingerprint density at radius 3 is 2.56 bits per heavy atom. The summed E-state index contributed by atoms with van der Waals surface area (Å²) in [6.07, 6.45) is 3.26. The first-order chi connectivity index (χ1) is 11.7. The van der Waals surface area contributed by atoms with Gasteiger partial charge in [-0.05, 0) is 23.6 Å². The zero-order chi connectivity index (χ0) is 17.2. The second-order valence-corrected chi connectivity index (χ2v) is 5.41. The van der Waals surface area contributed by atoms with Crippen LogP contribution in [0.5, 0.6) is 0 Å². The van der Waals surface area contributed by atoms with Gasteiger partial charge in [-0.2, -0.15) is 0 Å². The van der Waals surface area contributed by atoms with E-state index in [1.54, 1.807) is 31.6 Å². The van der Waals surface area contributed by atoms with Crippen molar-refractivity contribution in [2.75, 3.05) is 25.5 Å². The fourth-order valence-corrected chi connectivity index (χ4v) is 2.18. The predicted molar refractivity (Wildman–Crippen MR) is 113 cm³/mol. The van der Waals surface area contributed by atoms with Gasteiger partial charge in [-0.15, -0.1) is 24.0 Å². The van der Waals surface area contributed by atoms with Crippen LogP contribution < -0.4 is 16.0 Å². The predicted octanol–water partition coefficient (Wildman–Crippen LogP) is 2.61. The third-order valence-corrected chi connectivity index (χ3v) is 3.53. The standard InChI is InChI=1S/C18H23N5O.HI/c1-14(15-7-4-3-5-8-15)11-21-18(19-2)22-13-17(24)23-16-9-6-10-20-12-16;/h3-10,12,14H,11,13H2,1-2H3,(H,23,24)(H2,19,21,22);1H. The number of halogens is 1. The molecular formula is C18H24IN5O. The molecule has 0 aliphatic rings. The Morgan fingerprint density at radius 2 is 1.92 bits per heavy atom. The maximum Gasteiger partial charge on any atom is 0.243 e. The van der Waals surface area contributed by atoms with Crippen molar-refractivity contribution in [3.63, 3.8) is 0 Å². The molecule has 1 aromatic heterocycles. The Labute approximate surface area is 165 Å². The van der Waals surface area contributed by atoms with Crippen LogP contribution in [0.3, 0.4) is 0 Å². The minimum absolute atomic E-state index is 0. The molecule has 1 atom stereocenters. The minimum atomic E-state index is -0.151. The van der Waals surface area contributed by atoms with Gasteiger partial charge in [0.2, 0.25) is 5.91 Å². The fraction of sp³-hybridized carbons (Fsp3) is 0.278. The van der Waals surface area contributed by atoms with Crippen LogP contribution in [0, 0.1) is 0 Å². The van der Waals surface area contributed by atoms with Gasteiger partial charge in [0.05, 0.1) is 18.4 Å². The normalized spacial score (nSPS) is 11.8. The Bertz CT molecular complexity index is 664. The second-order valence-electron chi connectivity index (χ2n) is 5.41. The average Bonchev–Trinajstić information content (AvgIpc) is 2.63. The first-order valence-electron chi connectivity index (χ1n) is 7.88. The van der Waals surface area contributed by atoms with Crippen molar-refractivity contribution in [1.29, 1.82) is 0 Å². The van der Waals surface area contributed by atoms with Crippen molar-refractivity contribution >= 4 is 41.5 Å². The van der Waals surface area contributed by atoms with Gasteiger partial charge in [0.1, 0.15) is 0 Å². The Balaban J connectivity index is 0.00000312. The van der Waals surface area contributed by atoms with Gasteiger partial charge in [-0.25, -0.2) is 0 Å². The summed E-state index contributed by atoms with van der Waals surface area (Å²) in [5.74, 6) is 0.787. The number of carbonyl (C=O) groups excluding carboxylic acids is 1. The molecule has 25 heavy (non-hydrogen) atoms. The van der Waals surface area contributed by atoms with Gasteiger partial charge in [-0.1, -0.05) is 37.3 Å². The van der Waals surface area contributed by atoms with E-state index in [1.807, 2.05) is 18.2 Å². The lowest BCUT2D eigenvalue weighted by atomic mass is 10.0. The molecule has 0 aliphatic carbocycles. The van der Waals surface area contributed by atoms with Crippen LogP contribution in [0.1, 0.15) is 18.4 Å². The Hall–Kier alpha value is -2.16. The van der Waals surface area contributed by atoms with Crippen molar-refractivity contribution in [2.45, 2.75) is 12.8 Å². The van der Waals surface area contributed by atoms with Crippen LogP contribution in [0.4, 0.5) is 5.69 Å². The third kappa shape index (κ3) is 7.51. The van der Waals surface area contributed by atoms with Gasteiger partial charge in [-0.3, -0.25) is 14.8 Å². The summed E-state index contributed by atoms with van der Waals surface area (Å²) in [5.41, 5.74) is 1.93. The number of rotatable bonds is 6. The number of aliphatic imine (C=N–C) groups is 1. The van der Waals surface area contributed by atoms with E-state index in [0.29, 0.717) is 17.6 Å². The lowest BCUT2D eigenvalue weighted by Gasteiger charge is -2.16. The van der Waals surface area contributed by atoms with Crippen LogP contribution in [-0.2, 0) is 4.79 Å². The lowest BCUT2D eigenvalue weighted by molar-refractivity contribution is -0.115. The van der Waals surface area contributed by atoms with E-state index in [4.69, 9.17) is 0 Å². The van der Waals surface area contributed by atoms with Gasteiger partial charge < -0.3 is 16.0 Å². The number of hydrogen-bond acceptors (Lipinski definition) is 3. The molecule has 0 bridgehead atoms. The molecule has 1 amide bonds. The molecular weight excluding hydrogens is 429 g/mol. The molecule has 0 fully saturated rings. The summed E-state index contributed by atoms with van der Waals surface area (Å²) < 4.78 is 0. The van der Waals surface area contributed by atoms with E-state index in [2.05, 4.69) is 45.0 Å². The van der Waals surface area contributed by atoms with Gasteiger partial charge in [0, 0.05) is 19.8 Å². The molecule has 2 aromatic rings. The summed E-state index contributed by atoms with van der Waals surface area (Å²) >= 11 is 0. The summed E-state index contributed by atoms with van der Waals surface area (Å²) in [7, 11) is 1.68. The molecule has 6 nitrogen and oxygen atoms in total. The van der Waals surface area contributed by atoms with Crippen LogP contribution in [0.15, 0.2) is 59.9 Å². The van der Waals surface area contributed by atoms with Crippen LogP contribution in [0.25, 0.3) is 0 Å². The molecule has 0 spiro atoms. The van der Waals surface area contributed by atoms with Gasteiger partial charge >= 0.3 is 0 Å². The number of hydrogen-bond donors (Lipinski definition) is 3. The van der Waals surface area contributed by atoms with E-state index >= 15 is 0 Å². The van der Waals surface area contributed by atoms with Crippen molar-refractivity contribution in [3.8, 4) is 0 Å². The molecule has 0 saturated carbocycles. The number of anilines is 1. The van der Waals surface area contributed by atoms with E-state index < -0.39 is 0 Å². The van der Waals surface area contributed by atoms with Crippen molar-refractivity contribution in [3.05, 3.63) is 60.4 Å². The maximum absolute atomic E-state index is 11.9. The highest BCUT2D eigenvalue weighted by Gasteiger charge is 2.07. The van der Waals surface area contributed by atoms with Crippen LogP contribution in [0.2, 0.25) is 0 Å². The maximum atomic E-state index is 11.9. The van der Waals surface area contributed by atoms with Gasteiger partial charge in [0.15, 0.2) is 5.96 Å². The van der Waals surface area contributed by atoms with E-state index in [9.17, 15) is 4.79 Å². The summed E-state index contributed by atoms with van der Waals surface area (Å²) in [4.78, 5) is 20.0. The molecule has 0 aliphatic heterocycles. The smallest absolute Gasteiger partial charge is 0.243 e. The van der Waals surface area contributed by atoms with Crippen LogP contribution >= 0.6 is 24.0 Å².